The van der Waals surface area contributed by atoms with Gasteiger partial charge in [-0.1, -0.05) is 83.4 Å². The summed E-state index contributed by atoms with van der Waals surface area (Å²) in [5.41, 5.74) is 6.32. The van der Waals surface area contributed by atoms with E-state index in [4.69, 9.17) is 37.4 Å². The molecule has 0 saturated carbocycles. The number of ether oxygens (including phenoxy) is 3. The summed E-state index contributed by atoms with van der Waals surface area (Å²) in [6, 6.07) is 26.7. The third kappa shape index (κ3) is 10.3. The Morgan fingerprint density at radius 2 is 1.58 bits per heavy atom. The molecule has 4 rings (SSSR count). The van der Waals surface area contributed by atoms with Crippen LogP contribution in [0, 0.1) is 6.92 Å². The molecule has 0 aromatic heterocycles. The van der Waals surface area contributed by atoms with Gasteiger partial charge in [-0.15, -0.1) is 0 Å². The number of carbonyl (C=O) groups is 2. The third-order valence-electron chi connectivity index (χ3n) is 6.65. The average Bonchev–Trinajstić information content (AvgIpc) is 3.03. The number of nitrogens with zero attached hydrogens (tertiary/aromatic N) is 1. The molecular weight excluding hydrogens is 613 g/mol. The molecule has 0 heterocycles. The number of amides is 2. The first-order chi connectivity index (χ1) is 21.7. The number of halogens is 2. The maximum absolute atomic E-state index is 13.2. The van der Waals surface area contributed by atoms with E-state index in [1.807, 2.05) is 74.5 Å². The molecule has 234 valence electrons. The van der Waals surface area contributed by atoms with E-state index in [9.17, 15) is 9.59 Å². The Morgan fingerprint density at radius 1 is 0.844 bits per heavy atom. The van der Waals surface area contributed by atoms with E-state index in [-0.39, 0.29) is 11.4 Å². The summed E-state index contributed by atoms with van der Waals surface area (Å²) in [5.74, 6) is 0.464. The van der Waals surface area contributed by atoms with Crippen LogP contribution in [-0.4, -0.2) is 36.8 Å². The molecule has 0 radical (unpaired) electrons. The zero-order chi connectivity index (χ0) is 32.2. The van der Waals surface area contributed by atoms with Crippen molar-refractivity contribution in [2.75, 3.05) is 6.61 Å². The highest BCUT2D eigenvalue weighted by Gasteiger charge is 2.25. The summed E-state index contributed by atoms with van der Waals surface area (Å²) in [6.45, 7) is 6.35. The lowest BCUT2D eigenvalue weighted by Gasteiger charge is -2.21. The fourth-order valence-corrected chi connectivity index (χ4v) is 4.70. The van der Waals surface area contributed by atoms with Gasteiger partial charge in [0, 0.05) is 11.4 Å². The van der Waals surface area contributed by atoms with Crippen LogP contribution in [0.1, 0.15) is 36.1 Å². The van der Waals surface area contributed by atoms with Crippen LogP contribution in [0.2, 0.25) is 10.0 Å². The van der Waals surface area contributed by atoms with Gasteiger partial charge in [-0.05, 0) is 73.9 Å². The molecule has 0 aliphatic carbocycles. The van der Waals surface area contributed by atoms with Crippen molar-refractivity contribution >= 4 is 41.2 Å². The molecule has 2 N–H and O–H groups in total. The maximum Gasteiger partial charge on any atom is 0.262 e. The second-order valence-electron chi connectivity index (χ2n) is 10.2. The minimum absolute atomic E-state index is 0.240. The molecule has 0 bridgehead atoms. The Hall–Kier alpha value is -4.53. The standard InChI is InChI=1S/C35H35Cl2N3O5/c1-4-43-33-19-27(14-16-32(33)44-22-26-12-10-23(2)11-13-26)21-38-40-35(42)30(18-25-8-6-5-7-9-25)39-34(41)24(3)45-31-17-15-28(36)20-29(31)37/h5-17,19-21,24,30H,4,18,22H2,1-3H3,(H,39,41)(H,40,42)/b38-21-/t24-,30-/m1/s1. The van der Waals surface area contributed by atoms with Gasteiger partial charge in [-0.25, -0.2) is 5.43 Å². The zero-order valence-electron chi connectivity index (χ0n) is 25.3. The molecular formula is C35H35Cl2N3O5. The monoisotopic (exact) mass is 647 g/mol. The van der Waals surface area contributed by atoms with Crippen molar-refractivity contribution in [1.82, 2.24) is 10.7 Å². The van der Waals surface area contributed by atoms with E-state index in [2.05, 4.69) is 15.8 Å². The van der Waals surface area contributed by atoms with Gasteiger partial charge in [0.1, 0.15) is 18.4 Å². The molecule has 0 fully saturated rings. The van der Waals surface area contributed by atoms with Gasteiger partial charge in [0.05, 0.1) is 17.8 Å². The molecule has 0 aliphatic heterocycles. The van der Waals surface area contributed by atoms with Crippen LogP contribution in [0.4, 0.5) is 0 Å². The van der Waals surface area contributed by atoms with Crippen LogP contribution in [0.5, 0.6) is 17.2 Å². The van der Waals surface area contributed by atoms with Crippen LogP contribution in [0.25, 0.3) is 0 Å². The predicted molar refractivity (Wildman–Crippen MR) is 177 cm³/mol. The Balaban J connectivity index is 1.41. The van der Waals surface area contributed by atoms with Crippen LogP contribution in [-0.2, 0) is 22.6 Å². The minimum Gasteiger partial charge on any atom is -0.490 e. The van der Waals surface area contributed by atoms with Gasteiger partial charge < -0.3 is 19.5 Å². The van der Waals surface area contributed by atoms with Crippen LogP contribution in [0.15, 0.2) is 96.1 Å². The van der Waals surface area contributed by atoms with Crippen molar-refractivity contribution < 1.29 is 23.8 Å². The van der Waals surface area contributed by atoms with Gasteiger partial charge in [0.25, 0.3) is 11.8 Å². The molecule has 10 heteroatoms. The molecule has 0 unspecified atom stereocenters. The molecule has 0 spiro atoms. The normalized spacial score (nSPS) is 12.3. The number of nitrogens with one attached hydrogen (secondary N) is 2. The third-order valence-corrected chi connectivity index (χ3v) is 7.18. The lowest BCUT2D eigenvalue weighted by Crippen LogP contribution is -2.50. The highest BCUT2D eigenvalue weighted by atomic mass is 35.5. The summed E-state index contributed by atoms with van der Waals surface area (Å²) in [5, 5.41) is 7.63. The summed E-state index contributed by atoms with van der Waals surface area (Å²) in [4.78, 5) is 26.3. The second kappa shape index (κ2) is 16.5. The fourth-order valence-electron chi connectivity index (χ4n) is 4.25. The first kappa shape index (κ1) is 33.4. The van der Waals surface area contributed by atoms with Crippen molar-refractivity contribution in [3.8, 4) is 17.2 Å². The van der Waals surface area contributed by atoms with Gasteiger partial charge in [-0.3, -0.25) is 9.59 Å². The van der Waals surface area contributed by atoms with E-state index < -0.39 is 24.0 Å². The Labute approximate surface area is 273 Å². The molecule has 45 heavy (non-hydrogen) atoms. The summed E-state index contributed by atoms with van der Waals surface area (Å²) in [7, 11) is 0. The number of rotatable bonds is 14. The number of hydrazone groups is 1. The van der Waals surface area contributed by atoms with Crippen LogP contribution >= 0.6 is 23.2 Å². The van der Waals surface area contributed by atoms with Gasteiger partial charge in [0.2, 0.25) is 0 Å². The summed E-state index contributed by atoms with van der Waals surface area (Å²) >= 11 is 12.2. The highest BCUT2D eigenvalue weighted by Crippen LogP contribution is 2.29. The Kier molecular flexibility index (Phi) is 12.2. The van der Waals surface area contributed by atoms with Crippen molar-refractivity contribution in [3.05, 3.63) is 123 Å². The van der Waals surface area contributed by atoms with Crippen LogP contribution in [0.3, 0.4) is 0 Å². The quantitative estimate of drug-likeness (QED) is 0.114. The predicted octanol–water partition coefficient (Wildman–Crippen LogP) is 6.92. The van der Waals surface area contributed by atoms with E-state index in [0.29, 0.717) is 41.0 Å². The smallest absolute Gasteiger partial charge is 0.262 e. The fraction of sp³-hybridized carbons (Fsp3) is 0.229. The minimum atomic E-state index is -0.943. The summed E-state index contributed by atoms with van der Waals surface area (Å²) in [6.07, 6.45) is 0.797. The molecule has 4 aromatic carbocycles. The first-order valence-electron chi connectivity index (χ1n) is 14.5. The van der Waals surface area contributed by atoms with Gasteiger partial charge in [0.15, 0.2) is 17.6 Å². The van der Waals surface area contributed by atoms with E-state index in [1.54, 1.807) is 31.2 Å². The Bertz CT molecular complexity index is 1610. The zero-order valence-corrected chi connectivity index (χ0v) is 26.8. The van der Waals surface area contributed by atoms with E-state index in [0.717, 1.165) is 11.1 Å². The molecule has 4 aromatic rings. The highest BCUT2D eigenvalue weighted by molar-refractivity contribution is 6.35. The molecule has 8 nitrogen and oxygen atoms in total. The Morgan fingerprint density at radius 3 is 2.29 bits per heavy atom. The molecule has 2 amide bonds. The lowest BCUT2D eigenvalue weighted by molar-refractivity contribution is -0.132. The van der Waals surface area contributed by atoms with Crippen molar-refractivity contribution in [2.45, 2.75) is 45.9 Å². The van der Waals surface area contributed by atoms with E-state index in [1.165, 1.54) is 17.8 Å². The van der Waals surface area contributed by atoms with Crippen LogP contribution < -0.4 is 25.0 Å². The molecule has 0 saturated heterocycles. The lowest BCUT2D eigenvalue weighted by atomic mass is 10.1. The number of carbonyl (C=O) groups excluding carboxylic acids is 2. The van der Waals surface area contributed by atoms with E-state index >= 15 is 0 Å². The average molecular weight is 649 g/mol. The second-order valence-corrected chi connectivity index (χ2v) is 11.1. The van der Waals surface area contributed by atoms with Crippen molar-refractivity contribution in [3.63, 3.8) is 0 Å². The number of hydrogen-bond acceptors (Lipinski definition) is 6. The van der Waals surface area contributed by atoms with Crippen molar-refractivity contribution in [2.24, 2.45) is 5.10 Å². The first-order valence-corrected chi connectivity index (χ1v) is 15.2. The SMILES string of the molecule is CCOc1cc(/C=N\NC(=O)[C@@H](Cc2ccccc2)NC(=O)[C@@H](C)Oc2ccc(Cl)cc2Cl)ccc1OCc1ccc(C)cc1. The topological polar surface area (TPSA) is 98.2 Å². The number of benzene rings is 4. The molecule has 0 aliphatic rings. The number of hydrogen-bond donors (Lipinski definition) is 2. The van der Waals surface area contributed by atoms with Gasteiger partial charge in [-0.2, -0.15) is 5.10 Å². The number of aryl methyl sites for hydroxylation is 1. The maximum atomic E-state index is 13.2. The van der Waals surface area contributed by atoms with Gasteiger partial charge >= 0.3 is 0 Å². The summed E-state index contributed by atoms with van der Waals surface area (Å²) < 4.78 is 17.5. The molecule has 2 atom stereocenters. The largest absolute Gasteiger partial charge is 0.490 e. The van der Waals surface area contributed by atoms with Crippen molar-refractivity contribution in [1.29, 1.82) is 0 Å².